The monoisotopic (exact) mass is 254 g/mol. The van der Waals surface area contributed by atoms with E-state index >= 15 is 0 Å². The van der Waals surface area contributed by atoms with Crippen LogP contribution in [0.15, 0.2) is 9.95 Å². The minimum atomic E-state index is -0.272. The summed E-state index contributed by atoms with van der Waals surface area (Å²) in [7, 11) is 0. The quantitative estimate of drug-likeness (QED) is 0.572. The zero-order valence-electron chi connectivity index (χ0n) is 9.69. The second-order valence-corrected chi connectivity index (χ2v) is 4.49. The van der Waals surface area contributed by atoms with Crippen LogP contribution in [-0.4, -0.2) is 33.0 Å². The lowest BCUT2D eigenvalue weighted by Gasteiger charge is -2.07. The zero-order valence-corrected chi connectivity index (χ0v) is 10.5. The fourth-order valence-electron chi connectivity index (χ4n) is 1.18. The summed E-state index contributed by atoms with van der Waals surface area (Å²) in [5, 5.41) is 9.25. The molecule has 1 aromatic rings. The molecule has 0 radical (unpaired) electrons. The molecule has 0 saturated heterocycles. The molecular formula is C10H14N4O2S. The van der Waals surface area contributed by atoms with Gasteiger partial charge < -0.3 is 5.32 Å². The average Bonchev–Trinajstić information content (AvgIpc) is 2.65. The summed E-state index contributed by atoms with van der Waals surface area (Å²) in [5.74, 6) is 2.31. The van der Waals surface area contributed by atoms with Crippen molar-refractivity contribution in [3.8, 4) is 12.3 Å². The zero-order chi connectivity index (χ0) is 12.8. The molecule has 1 amide bonds. The molecule has 1 heterocycles. The van der Waals surface area contributed by atoms with E-state index in [4.69, 9.17) is 6.42 Å². The maximum atomic E-state index is 11.4. The number of amides is 1. The first-order valence-electron chi connectivity index (χ1n) is 5.06. The second kappa shape index (κ2) is 6.15. The van der Waals surface area contributed by atoms with E-state index in [1.54, 1.807) is 0 Å². The normalized spacial score (nSPS) is 10.2. The van der Waals surface area contributed by atoms with Crippen LogP contribution in [0.1, 0.15) is 19.9 Å². The maximum absolute atomic E-state index is 11.4. The van der Waals surface area contributed by atoms with E-state index in [1.165, 1.54) is 16.3 Å². The van der Waals surface area contributed by atoms with E-state index in [1.807, 2.05) is 13.8 Å². The van der Waals surface area contributed by atoms with E-state index in [-0.39, 0.29) is 29.9 Å². The number of terminal acetylenes is 1. The molecule has 92 valence electrons. The molecule has 0 unspecified atom stereocenters. The fraction of sp³-hybridized carbons (Fsp3) is 0.500. The van der Waals surface area contributed by atoms with Crippen LogP contribution in [0.25, 0.3) is 0 Å². The van der Waals surface area contributed by atoms with Gasteiger partial charge >= 0.3 is 5.69 Å². The van der Waals surface area contributed by atoms with Gasteiger partial charge in [0.05, 0.1) is 12.3 Å². The summed E-state index contributed by atoms with van der Waals surface area (Å²) < 4.78 is 1.50. The fourth-order valence-corrected chi connectivity index (χ4v) is 2.08. The highest BCUT2D eigenvalue weighted by Crippen LogP contribution is 2.16. The minimum Gasteiger partial charge on any atom is -0.344 e. The van der Waals surface area contributed by atoms with Crippen LogP contribution >= 0.6 is 11.8 Å². The van der Waals surface area contributed by atoms with Crippen LogP contribution in [0.2, 0.25) is 0 Å². The van der Waals surface area contributed by atoms with E-state index in [9.17, 15) is 9.59 Å². The first-order chi connectivity index (χ1) is 8.06. The average molecular weight is 254 g/mol. The Kier molecular flexibility index (Phi) is 4.84. The van der Waals surface area contributed by atoms with E-state index in [0.717, 1.165) is 0 Å². The summed E-state index contributed by atoms with van der Waals surface area (Å²) in [6, 6.07) is -0.00230. The van der Waals surface area contributed by atoms with E-state index in [0.29, 0.717) is 5.16 Å². The predicted octanol–water partition coefficient (Wildman–Crippen LogP) is -0.00620. The lowest BCUT2D eigenvalue weighted by Crippen LogP contribution is -2.25. The second-order valence-electron chi connectivity index (χ2n) is 3.54. The lowest BCUT2D eigenvalue weighted by atomic mass is 10.4. The van der Waals surface area contributed by atoms with Crippen molar-refractivity contribution in [2.45, 2.75) is 25.0 Å². The predicted molar refractivity (Wildman–Crippen MR) is 65.8 cm³/mol. The third-order valence-corrected chi connectivity index (χ3v) is 2.86. The van der Waals surface area contributed by atoms with Crippen LogP contribution in [0.5, 0.6) is 0 Å². The molecule has 2 N–H and O–H groups in total. The Balaban J connectivity index is 2.61. The third-order valence-electron chi connectivity index (χ3n) is 1.91. The number of hydrogen-bond donors (Lipinski definition) is 2. The number of aromatic nitrogens is 3. The molecule has 0 aliphatic carbocycles. The van der Waals surface area contributed by atoms with Gasteiger partial charge in [-0.2, -0.15) is 0 Å². The highest BCUT2D eigenvalue weighted by Gasteiger charge is 2.13. The minimum absolute atomic E-state index is 0.00230. The van der Waals surface area contributed by atoms with Crippen molar-refractivity contribution >= 4 is 17.7 Å². The van der Waals surface area contributed by atoms with Gasteiger partial charge in [0.15, 0.2) is 5.16 Å². The van der Waals surface area contributed by atoms with Crippen molar-refractivity contribution in [3.63, 3.8) is 0 Å². The largest absolute Gasteiger partial charge is 0.344 e. The van der Waals surface area contributed by atoms with Crippen LogP contribution in [0.4, 0.5) is 0 Å². The lowest BCUT2D eigenvalue weighted by molar-refractivity contribution is -0.118. The van der Waals surface area contributed by atoms with Gasteiger partial charge in [0.25, 0.3) is 0 Å². The molecular weight excluding hydrogens is 240 g/mol. The third kappa shape index (κ3) is 3.67. The summed E-state index contributed by atoms with van der Waals surface area (Å²) >= 11 is 1.19. The van der Waals surface area contributed by atoms with Gasteiger partial charge in [0, 0.05) is 6.04 Å². The Bertz CT molecular complexity index is 483. The molecule has 0 atom stereocenters. The number of nitrogens with one attached hydrogen (secondary N) is 2. The van der Waals surface area contributed by atoms with Gasteiger partial charge in [-0.25, -0.2) is 9.89 Å². The van der Waals surface area contributed by atoms with Crippen molar-refractivity contribution in [2.24, 2.45) is 0 Å². The highest BCUT2D eigenvalue weighted by molar-refractivity contribution is 7.99. The van der Waals surface area contributed by atoms with Crippen LogP contribution in [0.3, 0.4) is 0 Å². The molecule has 0 bridgehead atoms. The van der Waals surface area contributed by atoms with Gasteiger partial charge in [-0.3, -0.25) is 9.36 Å². The highest BCUT2D eigenvalue weighted by atomic mass is 32.2. The van der Waals surface area contributed by atoms with E-state index < -0.39 is 0 Å². The Morgan fingerprint density at radius 2 is 2.41 bits per heavy atom. The number of aromatic amines is 1. The SMILES string of the molecule is C#CCNC(=O)CSc1n[nH]c(=O)n1C(C)C. The van der Waals surface area contributed by atoms with Gasteiger partial charge in [-0.1, -0.05) is 17.7 Å². The van der Waals surface area contributed by atoms with Crippen LogP contribution < -0.4 is 11.0 Å². The molecule has 0 aromatic carbocycles. The summed E-state index contributed by atoms with van der Waals surface area (Å²) in [6.45, 7) is 3.95. The molecule has 0 aliphatic rings. The molecule has 1 aromatic heterocycles. The number of carbonyl (C=O) groups is 1. The molecule has 0 aliphatic heterocycles. The Hall–Kier alpha value is -1.68. The standard InChI is InChI=1S/C10H14N4O2S/c1-4-5-11-8(15)6-17-10-13-12-9(16)14(10)7(2)3/h1,7H,5-6H2,2-3H3,(H,11,15)(H,12,16). The van der Waals surface area contributed by atoms with Crippen molar-refractivity contribution in [1.82, 2.24) is 20.1 Å². The smallest absolute Gasteiger partial charge is 0.344 e. The molecule has 7 heteroatoms. The summed E-state index contributed by atoms with van der Waals surface area (Å²) in [5.41, 5.74) is -0.272. The Morgan fingerprint density at radius 3 is 3.00 bits per heavy atom. The number of carbonyl (C=O) groups excluding carboxylic acids is 1. The summed E-state index contributed by atoms with van der Waals surface area (Å²) in [4.78, 5) is 22.7. The number of hydrogen-bond acceptors (Lipinski definition) is 4. The van der Waals surface area contributed by atoms with Crippen molar-refractivity contribution < 1.29 is 4.79 Å². The topological polar surface area (TPSA) is 79.8 Å². The first kappa shape index (κ1) is 13.4. The van der Waals surface area contributed by atoms with Gasteiger partial charge in [0.2, 0.25) is 5.91 Å². The Morgan fingerprint density at radius 1 is 1.71 bits per heavy atom. The first-order valence-corrected chi connectivity index (χ1v) is 6.04. The molecule has 0 spiro atoms. The van der Waals surface area contributed by atoms with Crippen LogP contribution in [0, 0.1) is 12.3 Å². The van der Waals surface area contributed by atoms with Crippen LogP contribution in [-0.2, 0) is 4.79 Å². The molecule has 1 rings (SSSR count). The number of H-pyrrole nitrogens is 1. The van der Waals surface area contributed by atoms with Crippen molar-refractivity contribution in [1.29, 1.82) is 0 Å². The molecule has 0 fully saturated rings. The van der Waals surface area contributed by atoms with Gasteiger partial charge in [0.1, 0.15) is 0 Å². The Labute approximate surface area is 103 Å². The van der Waals surface area contributed by atoms with E-state index in [2.05, 4.69) is 21.4 Å². The maximum Gasteiger partial charge on any atom is 0.344 e. The number of rotatable bonds is 5. The van der Waals surface area contributed by atoms with Crippen molar-refractivity contribution in [3.05, 3.63) is 10.5 Å². The molecule has 17 heavy (non-hydrogen) atoms. The van der Waals surface area contributed by atoms with Crippen molar-refractivity contribution in [2.75, 3.05) is 12.3 Å². The molecule has 0 saturated carbocycles. The van der Waals surface area contributed by atoms with Gasteiger partial charge in [-0.05, 0) is 13.8 Å². The number of nitrogens with zero attached hydrogens (tertiary/aromatic N) is 2. The van der Waals surface area contributed by atoms with Gasteiger partial charge in [-0.15, -0.1) is 11.5 Å². The number of thioether (sulfide) groups is 1. The summed E-state index contributed by atoms with van der Waals surface area (Å²) in [6.07, 6.45) is 5.02. The molecule has 6 nitrogen and oxygen atoms in total.